The Morgan fingerprint density at radius 2 is 2.09 bits per heavy atom. The maximum Gasteiger partial charge on any atom is 0.301 e. The van der Waals surface area contributed by atoms with Crippen LogP contribution in [0.3, 0.4) is 0 Å². The third-order valence-electron chi connectivity index (χ3n) is 5.20. The number of benzene rings is 2. The van der Waals surface area contributed by atoms with Crippen molar-refractivity contribution in [1.82, 2.24) is 23.9 Å². The number of aromatic nitrogens is 4. The summed E-state index contributed by atoms with van der Waals surface area (Å²) in [6.07, 6.45) is 1.68. The molecule has 5 rings (SSSR count). The Morgan fingerprint density at radius 3 is 2.85 bits per heavy atom. The Balaban J connectivity index is 1.52. The van der Waals surface area contributed by atoms with E-state index in [0.29, 0.717) is 16.6 Å². The Morgan fingerprint density at radius 1 is 1.24 bits per heavy atom. The fraction of sp³-hybridized carbons (Fsp3) is 0.200. The molecule has 0 unspecified atom stereocenters. The fourth-order valence-electron chi connectivity index (χ4n) is 3.59. The van der Waals surface area contributed by atoms with Gasteiger partial charge < -0.3 is 4.74 Å². The van der Waals surface area contributed by atoms with Crippen molar-refractivity contribution < 1.29 is 21.9 Å². The first kappa shape index (κ1) is 21.0. The van der Waals surface area contributed by atoms with E-state index in [1.807, 2.05) is 0 Å². The smallest absolute Gasteiger partial charge is 0.301 e. The highest BCUT2D eigenvalue weighted by atomic mass is 32.2. The second-order valence-corrected chi connectivity index (χ2v) is 8.99. The van der Waals surface area contributed by atoms with Gasteiger partial charge in [-0.25, -0.2) is 23.3 Å². The molecule has 1 saturated heterocycles. The minimum atomic E-state index is -4.14. The van der Waals surface area contributed by atoms with Crippen molar-refractivity contribution in [3.8, 4) is 17.6 Å². The third kappa shape index (κ3) is 3.79. The number of hydrogen-bond acceptors (Lipinski definition) is 7. The number of alkyl halides is 1. The van der Waals surface area contributed by atoms with Gasteiger partial charge in [-0.05, 0) is 36.8 Å². The minimum absolute atomic E-state index is 0.00512. The fourth-order valence-corrected chi connectivity index (χ4v) is 4.88. The molecule has 1 fully saturated rings. The molecule has 1 N–H and O–H groups in total. The lowest BCUT2D eigenvalue weighted by Crippen LogP contribution is -2.34. The Hall–Kier alpha value is -3.89. The molecule has 0 spiro atoms. The molecule has 0 aliphatic carbocycles. The van der Waals surface area contributed by atoms with Crippen LogP contribution in [-0.2, 0) is 10.2 Å². The molecule has 2 aromatic heterocycles. The second-order valence-electron chi connectivity index (χ2n) is 7.32. The van der Waals surface area contributed by atoms with Gasteiger partial charge in [-0.1, -0.05) is 0 Å². The van der Waals surface area contributed by atoms with Gasteiger partial charge in [0.15, 0.2) is 17.2 Å². The number of nitrogens with zero attached hydrogens (tertiary/aromatic N) is 6. The SMILES string of the molecule is N#Cc1c(NS(=O)(=O)N2CC[C@@H](F)C2)ccc(F)c1Oc1ccc2ncn3ncnc3c2c1. The molecule has 1 atom stereocenters. The summed E-state index contributed by atoms with van der Waals surface area (Å²) in [4.78, 5) is 8.41. The van der Waals surface area contributed by atoms with Crippen molar-refractivity contribution in [1.29, 1.82) is 5.26 Å². The van der Waals surface area contributed by atoms with Gasteiger partial charge in [0.05, 0.1) is 11.2 Å². The average molecular weight is 471 g/mol. The second kappa shape index (κ2) is 7.91. The zero-order valence-electron chi connectivity index (χ0n) is 16.8. The summed E-state index contributed by atoms with van der Waals surface area (Å²) in [5.41, 5.74) is 0.568. The highest BCUT2D eigenvalue weighted by molar-refractivity contribution is 7.90. The largest absolute Gasteiger partial charge is 0.453 e. The molecule has 0 amide bonds. The molecule has 13 heteroatoms. The number of fused-ring (bicyclic) bond motifs is 3. The zero-order chi connectivity index (χ0) is 23.2. The third-order valence-corrected chi connectivity index (χ3v) is 6.69. The van der Waals surface area contributed by atoms with Gasteiger partial charge in [-0.3, -0.25) is 4.72 Å². The van der Waals surface area contributed by atoms with Crippen molar-refractivity contribution in [2.75, 3.05) is 17.8 Å². The van der Waals surface area contributed by atoms with Crippen LogP contribution in [0.1, 0.15) is 12.0 Å². The number of hydrogen-bond donors (Lipinski definition) is 1. The molecular weight excluding hydrogens is 456 g/mol. The van der Waals surface area contributed by atoms with E-state index in [4.69, 9.17) is 4.74 Å². The standard InChI is InChI=1S/C20H15F2N7O3S/c21-12-5-6-28(9-12)33(30,31)27-18-4-2-16(22)19(15(18)8-23)32-13-1-3-17-14(7-13)20-24-10-26-29(20)11-25-17/h1-4,7,10-12,27H,5-6,9H2/t12-/m1/s1. The molecule has 2 aromatic carbocycles. The van der Waals surface area contributed by atoms with Crippen molar-refractivity contribution in [3.63, 3.8) is 0 Å². The minimum Gasteiger partial charge on any atom is -0.453 e. The first-order valence-corrected chi connectivity index (χ1v) is 11.2. The molecule has 1 aliphatic rings. The van der Waals surface area contributed by atoms with Gasteiger partial charge in [-0.2, -0.15) is 23.1 Å². The zero-order valence-corrected chi connectivity index (χ0v) is 17.6. The van der Waals surface area contributed by atoms with E-state index in [2.05, 4.69) is 19.8 Å². The number of rotatable bonds is 5. The monoisotopic (exact) mass is 471 g/mol. The molecule has 0 radical (unpaired) electrons. The van der Waals surface area contributed by atoms with E-state index in [-0.39, 0.29) is 36.5 Å². The van der Waals surface area contributed by atoms with Crippen molar-refractivity contribution in [2.45, 2.75) is 12.6 Å². The van der Waals surface area contributed by atoms with Crippen LogP contribution in [0.4, 0.5) is 14.5 Å². The summed E-state index contributed by atoms with van der Waals surface area (Å²) >= 11 is 0. The maximum absolute atomic E-state index is 14.7. The quantitative estimate of drug-likeness (QED) is 0.474. The molecule has 0 bridgehead atoms. The molecule has 168 valence electrons. The number of halogens is 2. The van der Waals surface area contributed by atoms with Crippen LogP contribution in [-0.4, -0.2) is 51.6 Å². The van der Waals surface area contributed by atoms with E-state index in [0.717, 1.165) is 16.4 Å². The molecule has 33 heavy (non-hydrogen) atoms. The highest BCUT2D eigenvalue weighted by Gasteiger charge is 2.32. The number of ether oxygens (including phenoxy) is 1. The molecule has 3 heterocycles. The van der Waals surface area contributed by atoms with Crippen LogP contribution in [0.2, 0.25) is 0 Å². The molecule has 10 nitrogen and oxygen atoms in total. The first-order chi connectivity index (χ1) is 15.9. The van der Waals surface area contributed by atoms with Gasteiger partial charge in [0.2, 0.25) is 0 Å². The topological polar surface area (TPSA) is 126 Å². The predicted molar refractivity (Wildman–Crippen MR) is 113 cm³/mol. The summed E-state index contributed by atoms with van der Waals surface area (Å²) in [5, 5.41) is 14.2. The van der Waals surface area contributed by atoms with Gasteiger partial charge in [0, 0.05) is 18.5 Å². The van der Waals surface area contributed by atoms with Crippen LogP contribution in [0.25, 0.3) is 16.6 Å². The van der Waals surface area contributed by atoms with E-state index in [1.54, 1.807) is 18.2 Å². The lowest BCUT2D eigenvalue weighted by atomic mass is 10.1. The number of nitriles is 1. The summed E-state index contributed by atoms with van der Waals surface area (Å²) in [7, 11) is -4.14. The Kier molecular flexibility index (Phi) is 5.03. The Bertz CT molecular complexity index is 1530. The summed E-state index contributed by atoms with van der Waals surface area (Å²) in [5.74, 6) is -1.14. The van der Waals surface area contributed by atoms with E-state index >= 15 is 0 Å². The van der Waals surface area contributed by atoms with Gasteiger partial charge >= 0.3 is 10.2 Å². The summed E-state index contributed by atoms with van der Waals surface area (Å²) in [6.45, 7) is -0.283. The van der Waals surface area contributed by atoms with E-state index < -0.39 is 27.9 Å². The van der Waals surface area contributed by atoms with E-state index in [1.165, 1.54) is 23.2 Å². The van der Waals surface area contributed by atoms with Crippen LogP contribution in [0, 0.1) is 17.1 Å². The average Bonchev–Trinajstić information content (AvgIpc) is 3.45. The van der Waals surface area contributed by atoms with Crippen molar-refractivity contribution in [3.05, 3.63) is 54.4 Å². The van der Waals surface area contributed by atoms with E-state index in [9.17, 15) is 22.5 Å². The first-order valence-electron chi connectivity index (χ1n) is 9.76. The molecular formula is C20H15F2N7O3S. The van der Waals surface area contributed by atoms with Crippen LogP contribution in [0.5, 0.6) is 11.5 Å². The summed E-state index contributed by atoms with van der Waals surface area (Å²) in [6, 6.07) is 8.62. The van der Waals surface area contributed by atoms with Gasteiger partial charge in [0.1, 0.15) is 36.2 Å². The summed E-state index contributed by atoms with van der Waals surface area (Å²) < 4.78 is 63.6. The van der Waals surface area contributed by atoms with Crippen molar-refractivity contribution in [2.24, 2.45) is 0 Å². The lowest BCUT2D eigenvalue weighted by Gasteiger charge is -2.18. The molecule has 1 aliphatic heterocycles. The van der Waals surface area contributed by atoms with Crippen LogP contribution in [0.15, 0.2) is 43.0 Å². The van der Waals surface area contributed by atoms with Crippen LogP contribution >= 0.6 is 0 Å². The maximum atomic E-state index is 14.7. The molecule has 0 saturated carbocycles. The Labute approximate surface area is 186 Å². The van der Waals surface area contributed by atoms with Gasteiger partial charge in [-0.15, -0.1) is 0 Å². The lowest BCUT2D eigenvalue weighted by molar-refractivity contribution is 0.343. The predicted octanol–water partition coefficient (Wildman–Crippen LogP) is 2.78. The van der Waals surface area contributed by atoms with Crippen molar-refractivity contribution >= 4 is 32.4 Å². The highest BCUT2D eigenvalue weighted by Crippen LogP contribution is 2.35. The van der Waals surface area contributed by atoms with Crippen LogP contribution < -0.4 is 9.46 Å². The molecule has 4 aromatic rings. The normalized spacial score (nSPS) is 16.8. The number of anilines is 1. The van der Waals surface area contributed by atoms with Gasteiger partial charge in [0.25, 0.3) is 0 Å². The number of nitrogens with one attached hydrogen (secondary N) is 1.